The van der Waals surface area contributed by atoms with Gasteiger partial charge in [0, 0.05) is 6.61 Å². The maximum absolute atomic E-state index is 9.85. The highest BCUT2D eigenvalue weighted by molar-refractivity contribution is 5.83. The van der Waals surface area contributed by atoms with Crippen molar-refractivity contribution in [2.45, 2.75) is 12.8 Å². The Morgan fingerprint density at radius 1 is 1.47 bits per heavy atom. The minimum atomic E-state index is -1.28. The number of anilines is 2. The van der Waals surface area contributed by atoms with Gasteiger partial charge in [-0.15, -0.1) is 0 Å². The van der Waals surface area contributed by atoms with E-state index >= 15 is 0 Å². The quantitative estimate of drug-likeness (QED) is 0.183. The van der Waals surface area contributed by atoms with Gasteiger partial charge in [-0.1, -0.05) is 0 Å². The van der Waals surface area contributed by atoms with E-state index in [0.717, 1.165) is 0 Å². The third-order valence-electron chi connectivity index (χ3n) is 2.38. The molecule has 0 saturated heterocycles. The smallest absolute Gasteiger partial charge is 0.244 e. The molecule has 10 heteroatoms. The fourth-order valence-corrected chi connectivity index (χ4v) is 1.53. The van der Waals surface area contributed by atoms with Crippen molar-refractivity contribution in [1.29, 1.82) is 0 Å². The fourth-order valence-electron chi connectivity index (χ4n) is 1.53. The molecule has 0 aliphatic carbocycles. The highest BCUT2D eigenvalue weighted by atomic mass is 16.6. The number of hydrogen-bond donors (Lipinski definition) is 5. The molecule has 19 heavy (non-hydrogen) atoms. The molecule has 0 amide bonds. The first-order chi connectivity index (χ1) is 9.17. The van der Waals surface area contributed by atoms with Crippen molar-refractivity contribution in [3.05, 3.63) is 6.33 Å². The van der Waals surface area contributed by atoms with E-state index in [1.807, 2.05) is 0 Å². The lowest BCUT2D eigenvalue weighted by Gasteiger charge is -2.13. The summed E-state index contributed by atoms with van der Waals surface area (Å²) in [5.41, 5.74) is 8.54. The highest BCUT2D eigenvalue weighted by Gasteiger charge is 2.16. The number of nitrogens with one attached hydrogen (secondary N) is 1. The van der Waals surface area contributed by atoms with E-state index in [1.165, 1.54) is 10.9 Å². The number of nitrogens with zero attached hydrogens (tertiary/aromatic N) is 4. The minimum Gasteiger partial charge on any atom is -0.396 e. The lowest BCUT2D eigenvalue weighted by Crippen LogP contribution is -2.15. The number of fused-ring (bicyclic) bond motifs is 1. The lowest BCUT2D eigenvalue weighted by molar-refractivity contribution is -0.152. The Balaban J connectivity index is 2.31. The van der Waals surface area contributed by atoms with Crippen LogP contribution in [0.1, 0.15) is 12.8 Å². The average molecular weight is 269 g/mol. The second-order valence-electron chi connectivity index (χ2n) is 3.67. The van der Waals surface area contributed by atoms with Crippen molar-refractivity contribution in [3.8, 4) is 0 Å². The first-order valence-electron chi connectivity index (χ1n) is 5.54. The molecule has 104 valence electrons. The van der Waals surface area contributed by atoms with Crippen LogP contribution in [0.25, 0.3) is 11.2 Å². The van der Waals surface area contributed by atoms with Crippen molar-refractivity contribution in [2.75, 3.05) is 24.4 Å². The molecule has 0 aliphatic rings. The van der Waals surface area contributed by atoms with Crippen molar-refractivity contribution in [2.24, 2.45) is 5.84 Å². The standard InChI is InChI=1S/C9H15N7O3/c10-8-13-6(15-11)5-7(14-8)16(4-12-5)9(18)19-3-1-2-17/h4,9,17-18H,1-3,11H2,(H3,10,13,14,15). The zero-order chi connectivity index (χ0) is 13.8. The normalized spacial score (nSPS) is 12.8. The first kappa shape index (κ1) is 13.4. The summed E-state index contributed by atoms with van der Waals surface area (Å²) < 4.78 is 6.40. The van der Waals surface area contributed by atoms with Gasteiger partial charge in [-0.3, -0.25) is 4.57 Å². The van der Waals surface area contributed by atoms with E-state index < -0.39 is 6.41 Å². The first-order valence-corrected chi connectivity index (χ1v) is 5.54. The molecule has 1 unspecified atom stereocenters. The molecule has 0 fully saturated rings. The van der Waals surface area contributed by atoms with Gasteiger partial charge in [-0.05, 0) is 6.42 Å². The number of ether oxygens (including phenoxy) is 1. The number of aromatic nitrogens is 4. The Kier molecular flexibility index (Phi) is 4.06. The van der Waals surface area contributed by atoms with E-state index in [4.69, 9.17) is 21.4 Å². The highest BCUT2D eigenvalue weighted by Crippen LogP contribution is 2.21. The molecule has 0 radical (unpaired) electrons. The SMILES string of the molecule is NNc1nc(N)nc2c1ncn2C(O)OCCCO. The summed E-state index contributed by atoms with van der Waals surface area (Å²) in [5, 5.41) is 18.5. The van der Waals surface area contributed by atoms with Crippen LogP contribution < -0.4 is 17.0 Å². The Hall–Kier alpha value is -2.01. The van der Waals surface area contributed by atoms with Gasteiger partial charge in [0.15, 0.2) is 17.0 Å². The third kappa shape index (κ3) is 2.71. The lowest BCUT2D eigenvalue weighted by atomic mass is 10.5. The van der Waals surface area contributed by atoms with E-state index in [1.54, 1.807) is 0 Å². The molecular weight excluding hydrogens is 254 g/mol. The Morgan fingerprint density at radius 3 is 2.95 bits per heavy atom. The summed E-state index contributed by atoms with van der Waals surface area (Å²) in [5.74, 6) is 5.55. The van der Waals surface area contributed by atoms with Gasteiger partial charge in [0.05, 0.1) is 6.61 Å². The van der Waals surface area contributed by atoms with Crippen LogP contribution in [0.2, 0.25) is 0 Å². The van der Waals surface area contributed by atoms with Gasteiger partial charge in [-0.25, -0.2) is 10.8 Å². The Labute approximate surface area is 108 Å². The van der Waals surface area contributed by atoms with Crippen LogP contribution in [0.15, 0.2) is 6.33 Å². The second kappa shape index (κ2) is 5.75. The van der Waals surface area contributed by atoms with Crippen molar-refractivity contribution in [1.82, 2.24) is 19.5 Å². The molecule has 0 aromatic carbocycles. The maximum Gasteiger partial charge on any atom is 0.244 e. The molecule has 1 atom stereocenters. The van der Waals surface area contributed by atoms with Crippen molar-refractivity contribution < 1.29 is 14.9 Å². The van der Waals surface area contributed by atoms with Gasteiger partial charge in [-0.2, -0.15) is 9.97 Å². The van der Waals surface area contributed by atoms with Gasteiger partial charge in [0.1, 0.15) is 6.33 Å². The summed E-state index contributed by atoms with van der Waals surface area (Å²) in [6.45, 7) is 0.174. The van der Waals surface area contributed by atoms with Crippen LogP contribution in [-0.2, 0) is 4.74 Å². The van der Waals surface area contributed by atoms with Crippen molar-refractivity contribution in [3.63, 3.8) is 0 Å². The van der Waals surface area contributed by atoms with Gasteiger partial charge < -0.3 is 26.1 Å². The van der Waals surface area contributed by atoms with Crippen LogP contribution in [0, 0.1) is 0 Å². The van der Waals surface area contributed by atoms with Gasteiger partial charge in [0.2, 0.25) is 12.4 Å². The molecular formula is C9H15N7O3. The van der Waals surface area contributed by atoms with Crippen LogP contribution in [-0.4, -0.2) is 42.9 Å². The molecule has 0 bridgehead atoms. The number of nitrogen functional groups attached to an aromatic ring is 2. The molecule has 2 aromatic heterocycles. The number of imidazole rings is 1. The van der Waals surface area contributed by atoms with Crippen LogP contribution in [0.5, 0.6) is 0 Å². The minimum absolute atomic E-state index is 0.00948. The maximum atomic E-state index is 9.85. The molecule has 0 saturated carbocycles. The predicted molar refractivity (Wildman–Crippen MR) is 66.5 cm³/mol. The summed E-state index contributed by atoms with van der Waals surface area (Å²) >= 11 is 0. The predicted octanol–water partition coefficient (Wildman–Crippen LogP) is -1.46. The number of nitrogens with two attached hydrogens (primary N) is 2. The summed E-state index contributed by atoms with van der Waals surface area (Å²) in [7, 11) is 0. The van der Waals surface area contributed by atoms with Crippen LogP contribution in [0.3, 0.4) is 0 Å². The number of hydrogen-bond acceptors (Lipinski definition) is 9. The van der Waals surface area contributed by atoms with Gasteiger partial charge in [0.25, 0.3) is 0 Å². The number of rotatable bonds is 6. The summed E-state index contributed by atoms with van der Waals surface area (Å²) in [4.78, 5) is 11.9. The molecule has 2 aromatic rings. The van der Waals surface area contributed by atoms with E-state index in [2.05, 4.69) is 20.4 Å². The zero-order valence-corrected chi connectivity index (χ0v) is 10.0. The summed E-state index contributed by atoms with van der Waals surface area (Å²) in [6, 6.07) is 0. The number of aliphatic hydroxyl groups is 2. The molecule has 2 rings (SSSR count). The molecule has 10 nitrogen and oxygen atoms in total. The Bertz CT molecular complexity index is 558. The number of hydrazine groups is 1. The monoisotopic (exact) mass is 269 g/mol. The van der Waals surface area contributed by atoms with Crippen LogP contribution >= 0.6 is 0 Å². The topological polar surface area (TPSA) is 157 Å². The van der Waals surface area contributed by atoms with E-state index in [-0.39, 0.29) is 30.6 Å². The van der Waals surface area contributed by atoms with E-state index in [9.17, 15) is 5.11 Å². The number of aliphatic hydroxyl groups excluding tert-OH is 2. The van der Waals surface area contributed by atoms with Crippen LogP contribution in [0.4, 0.5) is 11.8 Å². The molecule has 0 aliphatic heterocycles. The zero-order valence-electron chi connectivity index (χ0n) is 10.0. The largest absolute Gasteiger partial charge is 0.396 e. The fraction of sp³-hybridized carbons (Fsp3) is 0.444. The van der Waals surface area contributed by atoms with E-state index in [0.29, 0.717) is 11.9 Å². The molecule has 0 spiro atoms. The van der Waals surface area contributed by atoms with Gasteiger partial charge >= 0.3 is 0 Å². The Morgan fingerprint density at radius 2 is 2.26 bits per heavy atom. The summed E-state index contributed by atoms with van der Waals surface area (Å²) in [6.07, 6.45) is 0.469. The molecule has 7 N–H and O–H groups in total. The van der Waals surface area contributed by atoms with Crippen molar-refractivity contribution >= 4 is 22.9 Å². The molecule has 2 heterocycles. The third-order valence-corrected chi connectivity index (χ3v) is 2.38. The average Bonchev–Trinajstić information content (AvgIpc) is 2.81. The second-order valence-corrected chi connectivity index (χ2v) is 3.67.